The molecule has 0 spiro atoms. The lowest BCUT2D eigenvalue weighted by atomic mass is 10.1. The number of pyridine rings is 1. The number of aryl methyl sites for hydroxylation is 1. The second-order valence-electron chi connectivity index (χ2n) is 7.34. The number of nitrogens with zero attached hydrogens (tertiary/aromatic N) is 2. The summed E-state index contributed by atoms with van der Waals surface area (Å²) in [5, 5.41) is 0. The van der Waals surface area contributed by atoms with Crippen LogP contribution in [-0.4, -0.2) is 18.5 Å². The first-order valence-corrected chi connectivity index (χ1v) is 10.0. The van der Waals surface area contributed by atoms with Gasteiger partial charge in [0.05, 0.1) is 0 Å². The number of likely N-dealkylation sites (tertiary alicyclic amines) is 1. The molecule has 138 valence electrons. The molecule has 1 aliphatic rings. The van der Waals surface area contributed by atoms with Crippen molar-refractivity contribution in [3.05, 3.63) is 30.1 Å². The average Bonchev–Trinajstić information content (AvgIpc) is 3.00. The van der Waals surface area contributed by atoms with Crippen LogP contribution in [-0.2, 0) is 6.54 Å². The normalized spacial score (nSPS) is 17.8. The lowest BCUT2D eigenvalue weighted by molar-refractivity contribution is -0.697. The van der Waals surface area contributed by atoms with Crippen molar-refractivity contribution in [1.29, 1.82) is 0 Å². The molecule has 0 radical (unpaired) electrons. The van der Waals surface area contributed by atoms with Gasteiger partial charge < -0.3 is 17.0 Å². The Bertz CT molecular complexity index is 436. The van der Waals surface area contributed by atoms with Crippen molar-refractivity contribution < 1.29 is 21.5 Å². The summed E-state index contributed by atoms with van der Waals surface area (Å²) in [6, 6.07) is 5.18. The van der Waals surface area contributed by atoms with Crippen molar-refractivity contribution in [3.63, 3.8) is 0 Å². The first-order chi connectivity index (χ1) is 11.3. The van der Waals surface area contributed by atoms with Crippen molar-refractivity contribution >= 4 is 0 Å². The zero-order valence-corrected chi connectivity index (χ0v) is 17.4. The third-order valence-corrected chi connectivity index (χ3v) is 5.31. The van der Waals surface area contributed by atoms with Crippen LogP contribution in [0, 0.1) is 0 Å². The predicted octanol–water partition coefficient (Wildman–Crippen LogP) is 2.28. The van der Waals surface area contributed by atoms with Crippen LogP contribution in [0.25, 0.3) is 0 Å². The Kier molecular flexibility index (Phi) is 11.6. The third-order valence-electron chi connectivity index (χ3n) is 5.31. The maximum Gasteiger partial charge on any atom is 0.173 e. The molecule has 0 bridgehead atoms. The molecule has 1 atom stereocenters. The molecular weight excluding hydrogens is 360 g/mol. The van der Waals surface area contributed by atoms with Crippen LogP contribution in [0.3, 0.4) is 0 Å². The van der Waals surface area contributed by atoms with Gasteiger partial charge in [-0.05, 0) is 38.9 Å². The molecule has 1 aliphatic heterocycles. The maximum atomic E-state index is 2.50. The van der Waals surface area contributed by atoms with Gasteiger partial charge in [0.25, 0.3) is 0 Å². The van der Waals surface area contributed by atoms with Gasteiger partial charge in [-0.3, -0.25) is 4.90 Å². The van der Waals surface area contributed by atoms with Gasteiger partial charge in [0.1, 0.15) is 6.54 Å². The van der Waals surface area contributed by atoms with E-state index in [1.807, 2.05) is 0 Å². The van der Waals surface area contributed by atoms with Crippen LogP contribution >= 0.6 is 0 Å². The minimum Gasteiger partial charge on any atom is -1.00 e. The van der Waals surface area contributed by atoms with Gasteiger partial charge in [-0.1, -0.05) is 51.9 Å². The predicted molar refractivity (Wildman–Crippen MR) is 98.5 cm³/mol. The quantitative estimate of drug-likeness (QED) is 0.411. The van der Waals surface area contributed by atoms with Crippen molar-refractivity contribution in [2.24, 2.45) is 0 Å². The molecule has 0 amide bonds. The molecular formula is C21H37BrN2. The van der Waals surface area contributed by atoms with Gasteiger partial charge in [-0.2, -0.15) is 0 Å². The molecule has 2 rings (SSSR count). The lowest BCUT2D eigenvalue weighted by Gasteiger charge is -2.18. The first-order valence-electron chi connectivity index (χ1n) is 10.0. The highest BCUT2D eigenvalue weighted by molar-refractivity contribution is 5.12. The van der Waals surface area contributed by atoms with Crippen LogP contribution in [0.5, 0.6) is 0 Å². The summed E-state index contributed by atoms with van der Waals surface area (Å²) in [5.41, 5.74) is 1.50. The standard InChI is InChI=1S/C21H37N2.BrH/c1-3-4-5-6-7-8-9-10-11-17-23-18-12-14-20(19-23)21-15-13-16-22(21)2;/h12,14,18-19,21H,3-11,13,15-17H2,1-2H3;1H/q+1;/p-1/t21-;/m0./s1. The Morgan fingerprint density at radius 3 is 2.33 bits per heavy atom. The SMILES string of the molecule is CCCCCCCCCCC[n+]1cccc([C@@H]2CCCN2C)c1.[Br-]. The number of unbranched alkanes of at least 4 members (excludes halogenated alkanes) is 8. The molecule has 3 heteroatoms. The molecule has 0 aromatic carbocycles. The topological polar surface area (TPSA) is 7.12 Å². The largest absolute Gasteiger partial charge is 1.00 e. The Morgan fingerprint density at radius 2 is 1.71 bits per heavy atom. The molecule has 0 N–H and O–H groups in total. The summed E-state index contributed by atoms with van der Waals surface area (Å²) in [5.74, 6) is 0. The average molecular weight is 397 g/mol. The molecule has 2 heterocycles. The lowest BCUT2D eigenvalue weighted by Crippen LogP contribution is -3.00. The van der Waals surface area contributed by atoms with E-state index in [2.05, 4.69) is 48.0 Å². The van der Waals surface area contributed by atoms with E-state index in [1.54, 1.807) is 0 Å². The fraction of sp³-hybridized carbons (Fsp3) is 0.762. The van der Waals surface area contributed by atoms with Gasteiger partial charge in [-0.15, -0.1) is 0 Å². The van der Waals surface area contributed by atoms with E-state index < -0.39 is 0 Å². The smallest absolute Gasteiger partial charge is 0.173 e. The fourth-order valence-electron chi connectivity index (χ4n) is 3.81. The van der Waals surface area contributed by atoms with E-state index in [1.165, 1.54) is 89.3 Å². The molecule has 24 heavy (non-hydrogen) atoms. The molecule has 1 fully saturated rings. The fourth-order valence-corrected chi connectivity index (χ4v) is 3.81. The zero-order valence-electron chi connectivity index (χ0n) is 15.9. The minimum absolute atomic E-state index is 0. The van der Waals surface area contributed by atoms with Crippen molar-refractivity contribution in [2.75, 3.05) is 13.6 Å². The molecule has 0 aliphatic carbocycles. The van der Waals surface area contributed by atoms with Crippen molar-refractivity contribution in [1.82, 2.24) is 4.90 Å². The van der Waals surface area contributed by atoms with E-state index in [0.29, 0.717) is 6.04 Å². The summed E-state index contributed by atoms with van der Waals surface area (Å²) < 4.78 is 2.41. The Morgan fingerprint density at radius 1 is 1.04 bits per heavy atom. The molecule has 2 nitrogen and oxygen atoms in total. The van der Waals surface area contributed by atoms with Gasteiger partial charge in [0.15, 0.2) is 12.4 Å². The van der Waals surface area contributed by atoms with E-state index >= 15 is 0 Å². The number of aromatic nitrogens is 1. The number of hydrogen-bond acceptors (Lipinski definition) is 1. The van der Waals surface area contributed by atoms with Crippen molar-refractivity contribution in [2.45, 2.75) is 90.1 Å². The molecule has 1 aromatic rings. The van der Waals surface area contributed by atoms with Crippen LogP contribution in [0.15, 0.2) is 24.5 Å². The maximum absolute atomic E-state index is 2.50. The van der Waals surface area contributed by atoms with E-state index in [4.69, 9.17) is 0 Å². The van der Waals surface area contributed by atoms with Crippen LogP contribution in [0.4, 0.5) is 0 Å². The molecule has 0 unspecified atom stereocenters. The van der Waals surface area contributed by atoms with Crippen molar-refractivity contribution in [3.8, 4) is 0 Å². The van der Waals surface area contributed by atoms with Gasteiger partial charge >= 0.3 is 0 Å². The molecule has 1 saturated heterocycles. The highest BCUT2D eigenvalue weighted by Gasteiger charge is 2.24. The van der Waals surface area contributed by atoms with E-state index in [-0.39, 0.29) is 17.0 Å². The Hall–Kier alpha value is -0.410. The van der Waals surface area contributed by atoms with E-state index in [0.717, 1.165) is 0 Å². The zero-order chi connectivity index (χ0) is 16.3. The monoisotopic (exact) mass is 396 g/mol. The summed E-state index contributed by atoms with van der Waals surface area (Å²) in [4.78, 5) is 2.50. The third kappa shape index (κ3) is 7.65. The number of rotatable bonds is 11. The summed E-state index contributed by atoms with van der Waals surface area (Å²) in [6.07, 6.45) is 19.9. The second-order valence-corrected chi connectivity index (χ2v) is 7.34. The summed E-state index contributed by atoms with van der Waals surface area (Å²) >= 11 is 0. The van der Waals surface area contributed by atoms with Gasteiger partial charge in [0, 0.05) is 24.1 Å². The summed E-state index contributed by atoms with van der Waals surface area (Å²) in [6.45, 7) is 4.72. The van der Waals surface area contributed by atoms with Crippen LogP contribution in [0.2, 0.25) is 0 Å². The first kappa shape index (κ1) is 21.6. The molecule has 1 aromatic heterocycles. The van der Waals surface area contributed by atoms with E-state index in [9.17, 15) is 0 Å². The summed E-state index contributed by atoms with van der Waals surface area (Å²) in [7, 11) is 2.26. The second kappa shape index (κ2) is 12.9. The molecule has 0 saturated carbocycles. The van der Waals surface area contributed by atoms with Gasteiger partial charge in [-0.25, -0.2) is 4.57 Å². The van der Waals surface area contributed by atoms with Crippen LogP contribution < -0.4 is 21.5 Å². The van der Waals surface area contributed by atoms with Gasteiger partial charge in [0.2, 0.25) is 0 Å². The minimum atomic E-state index is 0. The number of halogens is 1. The number of hydrogen-bond donors (Lipinski definition) is 0. The Labute approximate surface area is 160 Å². The Balaban J connectivity index is 0.00000288. The highest BCUT2D eigenvalue weighted by atomic mass is 79.9. The van der Waals surface area contributed by atoms with Crippen LogP contribution in [0.1, 0.15) is 89.2 Å². The highest BCUT2D eigenvalue weighted by Crippen LogP contribution is 2.29.